The molecule has 1 aliphatic rings. The summed E-state index contributed by atoms with van der Waals surface area (Å²) in [4.78, 5) is 0. The van der Waals surface area contributed by atoms with Gasteiger partial charge in [-0.25, -0.2) is 4.39 Å². The monoisotopic (exact) mass is 252 g/mol. The Balaban J connectivity index is 1.83. The molecule has 1 heterocycles. The van der Waals surface area contributed by atoms with Crippen molar-refractivity contribution in [1.29, 1.82) is 0 Å². The molecule has 1 aromatic carbocycles. The Morgan fingerprint density at radius 3 is 3.11 bits per heavy atom. The van der Waals surface area contributed by atoms with Crippen LogP contribution in [0.15, 0.2) is 18.2 Å². The zero-order valence-electron chi connectivity index (χ0n) is 10.8. The number of rotatable bonds is 5. The van der Waals surface area contributed by atoms with Crippen molar-refractivity contribution in [3.8, 4) is 5.75 Å². The highest BCUT2D eigenvalue weighted by Gasteiger charge is 2.12. The van der Waals surface area contributed by atoms with Crippen molar-refractivity contribution in [2.45, 2.75) is 19.3 Å². The summed E-state index contributed by atoms with van der Waals surface area (Å²) in [6.07, 6.45) is 3.65. The van der Waals surface area contributed by atoms with Gasteiger partial charge in [-0.2, -0.15) is 0 Å². The van der Waals surface area contributed by atoms with E-state index in [2.05, 4.69) is 10.6 Å². The number of nitrogens with one attached hydrogen (secondary N) is 2. The number of hydrogen-bond donors (Lipinski definition) is 2. The predicted octanol–water partition coefficient (Wildman–Crippen LogP) is 2.64. The Morgan fingerprint density at radius 1 is 1.50 bits per heavy atom. The summed E-state index contributed by atoms with van der Waals surface area (Å²) in [5.41, 5.74) is 0.737. The molecule has 0 amide bonds. The van der Waals surface area contributed by atoms with Crippen LogP contribution in [0.5, 0.6) is 5.75 Å². The predicted molar refractivity (Wildman–Crippen MR) is 71.7 cm³/mol. The van der Waals surface area contributed by atoms with Gasteiger partial charge in [-0.1, -0.05) is 0 Å². The van der Waals surface area contributed by atoms with Gasteiger partial charge in [0.1, 0.15) is 11.6 Å². The van der Waals surface area contributed by atoms with Gasteiger partial charge < -0.3 is 15.4 Å². The molecule has 0 aromatic heterocycles. The van der Waals surface area contributed by atoms with Gasteiger partial charge in [0.2, 0.25) is 0 Å². The van der Waals surface area contributed by atoms with Crippen molar-refractivity contribution in [1.82, 2.24) is 5.32 Å². The van der Waals surface area contributed by atoms with E-state index < -0.39 is 0 Å². The van der Waals surface area contributed by atoms with E-state index in [1.54, 1.807) is 13.2 Å². The minimum atomic E-state index is -0.238. The Labute approximate surface area is 108 Å². The fraction of sp³-hybridized carbons (Fsp3) is 0.571. The van der Waals surface area contributed by atoms with Gasteiger partial charge >= 0.3 is 0 Å². The molecule has 0 aliphatic carbocycles. The molecule has 1 aliphatic heterocycles. The summed E-state index contributed by atoms with van der Waals surface area (Å²) in [6.45, 7) is 3.09. The maximum atomic E-state index is 13.2. The summed E-state index contributed by atoms with van der Waals surface area (Å²) in [6, 6.07) is 4.55. The summed E-state index contributed by atoms with van der Waals surface area (Å²) in [5.74, 6) is 1.18. The molecule has 1 atom stereocenters. The van der Waals surface area contributed by atoms with Gasteiger partial charge in [-0.3, -0.25) is 0 Å². The number of hydrogen-bond acceptors (Lipinski definition) is 3. The number of piperidine rings is 1. The lowest BCUT2D eigenvalue weighted by Gasteiger charge is -2.23. The van der Waals surface area contributed by atoms with Crippen molar-refractivity contribution < 1.29 is 9.13 Å². The Kier molecular flexibility index (Phi) is 4.81. The number of benzene rings is 1. The number of ether oxygens (including phenoxy) is 1. The maximum absolute atomic E-state index is 13.2. The van der Waals surface area contributed by atoms with E-state index in [-0.39, 0.29) is 5.82 Å². The van der Waals surface area contributed by atoms with E-state index in [0.29, 0.717) is 5.75 Å². The summed E-state index contributed by atoms with van der Waals surface area (Å²) in [5, 5.41) is 6.66. The van der Waals surface area contributed by atoms with Crippen LogP contribution in [0.1, 0.15) is 19.3 Å². The highest BCUT2D eigenvalue weighted by Crippen LogP contribution is 2.25. The fourth-order valence-corrected chi connectivity index (χ4v) is 2.40. The van der Waals surface area contributed by atoms with Gasteiger partial charge in [0, 0.05) is 12.6 Å². The smallest absolute Gasteiger partial charge is 0.142 e. The maximum Gasteiger partial charge on any atom is 0.142 e. The van der Waals surface area contributed by atoms with Gasteiger partial charge in [-0.05, 0) is 50.4 Å². The Morgan fingerprint density at radius 2 is 2.39 bits per heavy atom. The standard InChI is InChI=1S/C14H21FN2O/c1-18-14-5-4-12(15)9-13(14)17-8-6-11-3-2-7-16-10-11/h4-5,9,11,16-17H,2-3,6-8,10H2,1H3. The van der Waals surface area contributed by atoms with Crippen molar-refractivity contribution in [2.75, 3.05) is 32.1 Å². The van der Waals surface area contributed by atoms with Crippen molar-refractivity contribution in [3.63, 3.8) is 0 Å². The first-order chi connectivity index (χ1) is 8.79. The van der Waals surface area contributed by atoms with Gasteiger partial charge in [0.15, 0.2) is 0 Å². The average molecular weight is 252 g/mol. The largest absolute Gasteiger partial charge is 0.495 e. The van der Waals surface area contributed by atoms with E-state index in [0.717, 1.165) is 37.7 Å². The highest BCUT2D eigenvalue weighted by molar-refractivity contribution is 5.56. The third-order valence-corrected chi connectivity index (χ3v) is 3.43. The summed E-state index contributed by atoms with van der Waals surface area (Å²) >= 11 is 0. The zero-order chi connectivity index (χ0) is 12.8. The van der Waals surface area contributed by atoms with E-state index >= 15 is 0 Å². The third-order valence-electron chi connectivity index (χ3n) is 3.43. The zero-order valence-corrected chi connectivity index (χ0v) is 10.8. The molecular formula is C14H21FN2O. The normalized spacial score (nSPS) is 19.6. The number of anilines is 1. The van der Waals surface area contributed by atoms with Crippen molar-refractivity contribution in [3.05, 3.63) is 24.0 Å². The lowest BCUT2D eigenvalue weighted by molar-refractivity contribution is 0.364. The molecule has 2 N–H and O–H groups in total. The average Bonchev–Trinajstić information content (AvgIpc) is 2.40. The molecule has 0 radical (unpaired) electrons. The van der Waals surface area contributed by atoms with Crippen LogP contribution in [-0.2, 0) is 0 Å². The molecule has 0 saturated carbocycles. The minimum absolute atomic E-state index is 0.238. The molecule has 18 heavy (non-hydrogen) atoms. The van der Waals surface area contributed by atoms with Crippen LogP contribution in [0, 0.1) is 11.7 Å². The molecule has 2 rings (SSSR count). The summed E-state index contributed by atoms with van der Waals surface area (Å²) in [7, 11) is 1.60. The highest BCUT2D eigenvalue weighted by atomic mass is 19.1. The topological polar surface area (TPSA) is 33.3 Å². The van der Waals surface area contributed by atoms with E-state index in [1.165, 1.54) is 25.0 Å². The van der Waals surface area contributed by atoms with Crippen LogP contribution in [0.2, 0.25) is 0 Å². The second-order valence-electron chi connectivity index (χ2n) is 4.77. The van der Waals surface area contributed by atoms with E-state index in [1.807, 2.05) is 0 Å². The first kappa shape index (κ1) is 13.1. The second-order valence-corrected chi connectivity index (χ2v) is 4.77. The van der Waals surface area contributed by atoms with E-state index in [4.69, 9.17) is 4.74 Å². The first-order valence-corrected chi connectivity index (χ1v) is 6.57. The molecule has 100 valence electrons. The minimum Gasteiger partial charge on any atom is -0.495 e. The lowest BCUT2D eigenvalue weighted by Crippen LogP contribution is -2.30. The molecule has 1 fully saturated rings. The fourth-order valence-electron chi connectivity index (χ4n) is 2.40. The first-order valence-electron chi connectivity index (χ1n) is 6.57. The van der Waals surface area contributed by atoms with Crippen molar-refractivity contribution in [2.24, 2.45) is 5.92 Å². The van der Waals surface area contributed by atoms with Crippen LogP contribution < -0.4 is 15.4 Å². The molecule has 3 nitrogen and oxygen atoms in total. The Bertz CT molecular complexity index is 378. The molecule has 1 unspecified atom stereocenters. The van der Waals surface area contributed by atoms with Crippen LogP contribution in [0.3, 0.4) is 0 Å². The van der Waals surface area contributed by atoms with Gasteiger partial charge in [0.05, 0.1) is 12.8 Å². The molecular weight excluding hydrogens is 231 g/mol. The van der Waals surface area contributed by atoms with Crippen LogP contribution >= 0.6 is 0 Å². The SMILES string of the molecule is COc1ccc(F)cc1NCCC1CCCNC1. The van der Waals surface area contributed by atoms with Gasteiger partial charge in [0.25, 0.3) is 0 Å². The number of halogens is 1. The molecule has 1 saturated heterocycles. The second kappa shape index (κ2) is 6.59. The van der Waals surface area contributed by atoms with Crippen LogP contribution in [0.25, 0.3) is 0 Å². The van der Waals surface area contributed by atoms with Crippen LogP contribution in [-0.4, -0.2) is 26.7 Å². The summed E-state index contributed by atoms with van der Waals surface area (Å²) < 4.78 is 18.4. The van der Waals surface area contributed by atoms with Crippen LogP contribution in [0.4, 0.5) is 10.1 Å². The Hall–Kier alpha value is -1.29. The lowest BCUT2D eigenvalue weighted by atomic mass is 9.96. The number of methoxy groups -OCH3 is 1. The molecule has 0 spiro atoms. The molecule has 4 heteroatoms. The quantitative estimate of drug-likeness (QED) is 0.845. The molecule has 1 aromatic rings. The van der Waals surface area contributed by atoms with Gasteiger partial charge in [-0.15, -0.1) is 0 Å². The van der Waals surface area contributed by atoms with Crippen molar-refractivity contribution >= 4 is 5.69 Å². The van der Waals surface area contributed by atoms with E-state index in [9.17, 15) is 4.39 Å². The molecule has 0 bridgehead atoms. The third kappa shape index (κ3) is 3.60.